The average molecular weight is 357 g/mol. The molecule has 4 aromatic rings. The van der Waals surface area contributed by atoms with E-state index in [-0.39, 0.29) is 5.43 Å². The Morgan fingerprint density at radius 3 is 2.00 bits per heavy atom. The molecular weight excluding hydrogens is 338 g/mol. The molecule has 0 fully saturated rings. The molecule has 2 heterocycles. The standard InChI is InChI=1S/C23H19NOS/c1-16-13-22(26-15-16)24-20(18-9-5-3-6-10-18)14-21(25)17(2)23(24)19-11-7-4-8-12-19/h3-15H,1-2H3. The number of hydrogen-bond donors (Lipinski definition) is 0. The van der Waals surface area contributed by atoms with Crippen molar-refractivity contribution >= 4 is 11.3 Å². The van der Waals surface area contributed by atoms with Crippen LogP contribution in [-0.4, -0.2) is 4.57 Å². The van der Waals surface area contributed by atoms with Crippen LogP contribution in [0.1, 0.15) is 11.1 Å². The van der Waals surface area contributed by atoms with E-state index in [0.29, 0.717) is 0 Å². The van der Waals surface area contributed by atoms with Gasteiger partial charge < -0.3 is 4.57 Å². The van der Waals surface area contributed by atoms with Gasteiger partial charge in [0, 0.05) is 11.6 Å². The van der Waals surface area contributed by atoms with Gasteiger partial charge in [0.1, 0.15) is 5.00 Å². The van der Waals surface area contributed by atoms with Gasteiger partial charge in [-0.1, -0.05) is 60.7 Å². The molecule has 2 aromatic heterocycles. The maximum Gasteiger partial charge on any atom is 0.185 e. The fourth-order valence-corrected chi connectivity index (χ4v) is 4.15. The van der Waals surface area contributed by atoms with E-state index in [1.807, 2.05) is 43.3 Å². The number of rotatable bonds is 3. The zero-order valence-corrected chi connectivity index (χ0v) is 15.6. The van der Waals surface area contributed by atoms with Crippen molar-refractivity contribution in [1.29, 1.82) is 0 Å². The summed E-state index contributed by atoms with van der Waals surface area (Å²) in [6.45, 7) is 4.01. The molecular formula is C23H19NOS. The molecule has 0 saturated carbocycles. The van der Waals surface area contributed by atoms with Crippen molar-refractivity contribution in [3.63, 3.8) is 0 Å². The van der Waals surface area contributed by atoms with E-state index in [0.717, 1.165) is 33.1 Å². The summed E-state index contributed by atoms with van der Waals surface area (Å²) in [5, 5.41) is 3.26. The monoisotopic (exact) mass is 357 g/mol. The lowest BCUT2D eigenvalue weighted by atomic mass is 10.0. The van der Waals surface area contributed by atoms with E-state index in [9.17, 15) is 4.79 Å². The summed E-state index contributed by atoms with van der Waals surface area (Å²) in [7, 11) is 0. The van der Waals surface area contributed by atoms with Gasteiger partial charge in [0.25, 0.3) is 0 Å². The van der Waals surface area contributed by atoms with Crippen molar-refractivity contribution < 1.29 is 0 Å². The molecule has 0 aliphatic heterocycles. The Bertz CT molecular complexity index is 1110. The van der Waals surface area contributed by atoms with Crippen molar-refractivity contribution in [1.82, 2.24) is 4.57 Å². The number of nitrogens with zero attached hydrogens (tertiary/aromatic N) is 1. The lowest BCUT2D eigenvalue weighted by molar-refractivity contribution is 1.06. The third kappa shape index (κ3) is 2.91. The van der Waals surface area contributed by atoms with Gasteiger partial charge in [-0.2, -0.15) is 0 Å². The molecule has 0 saturated heterocycles. The van der Waals surface area contributed by atoms with Crippen LogP contribution in [0.3, 0.4) is 0 Å². The second kappa shape index (κ2) is 6.77. The molecule has 2 aromatic carbocycles. The van der Waals surface area contributed by atoms with Crippen LogP contribution >= 0.6 is 11.3 Å². The number of aryl methyl sites for hydroxylation is 1. The Balaban J connectivity index is 2.14. The van der Waals surface area contributed by atoms with Crippen LogP contribution in [0.15, 0.2) is 83.0 Å². The Morgan fingerprint density at radius 1 is 0.808 bits per heavy atom. The summed E-state index contributed by atoms with van der Waals surface area (Å²) >= 11 is 1.70. The fourth-order valence-electron chi connectivity index (χ4n) is 3.23. The van der Waals surface area contributed by atoms with Gasteiger partial charge in [-0.3, -0.25) is 4.79 Å². The summed E-state index contributed by atoms with van der Waals surface area (Å²) in [5.41, 5.74) is 6.01. The lowest BCUT2D eigenvalue weighted by Gasteiger charge is -2.20. The highest BCUT2D eigenvalue weighted by atomic mass is 32.1. The van der Waals surface area contributed by atoms with Gasteiger partial charge in [-0.25, -0.2) is 0 Å². The van der Waals surface area contributed by atoms with Crippen molar-refractivity contribution in [3.05, 3.63) is 99.5 Å². The molecule has 26 heavy (non-hydrogen) atoms. The van der Waals surface area contributed by atoms with Gasteiger partial charge in [-0.15, -0.1) is 11.3 Å². The van der Waals surface area contributed by atoms with Crippen molar-refractivity contribution in [2.24, 2.45) is 0 Å². The van der Waals surface area contributed by atoms with Gasteiger partial charge in [-0.05, 0) is 42.0 Å². The first kappa shape index (κ1) is 16.6. The molecule has 0 bridgehead atoms. The van der Waals surface area contributed by atoms with Gasteiger partial charge >= 0.3 is 0 Å². The maximum absolute atomic E-state index is 12.8. The molecule has 0 aliphatic rings. The highest BCUT2D eigenvalue weighted by molar-refractivity contribution is 7.12. The van der Waals surface area contributed by atoms with Crippen LogP contribution in [0.4, 0.5) is 0 Å². The average Bonchev–Trinajstić information content (AvgIpc) is 3.11. The van der Waals surface area contributed by atoms with E-state index in [1.165, 1.54) is 5.56 Å². The molecule has 0 atom stereocenters. The van der Waals surface area contributed by atoms with Crippen LogP contribution in [-0.2, 0) is 0 Å². The number of thiophene rings is 1. The molecule has 0 unspecified atom stereocenters. The third-order valence-electron chi connectivity index (χ3n) is 4.51. The Labute approximate surface area is 157 Å². The summed E-state index contributed by atoms with van der Waals surface area (Å²) in [4.78, 5) is 12.8. The Kier molecular flexibility index (Phi) is 4.31. The molecule has 3 heteroatoms. The van der Waals surface area contributed by atoms with Gasteiger partial charge in [0.2, 0.25) is 0 Å². The predicted octanol–water partition coefficient (Wildman–Crippen LogP) is 5.85. The van der Waals surface area contributed by atoms with Crippen molar-refractivity contribution in [2.75, 3.05) is 0 Å². The first-order valence-corrected chi connectivity index (χ1v) is 9.46. The van der Waals surface area contributed by atoms with E-state index in [4.69, 9.17) is 0 Å². The van der Waals surface area contributed by atoms with Crippen LogP contribution in [0, 0.1) is 13.8 Å². The van der Waals surface area contributed by atoms with Crippen LogP contribution in [0.5, 0.6) is 0 Å². The summed E-state index contributed by atoms with van der Waals surface area (Å²) in [6, 6.07) is 24.2. The van der Waals surface area contributed by atoms with E-state index >= 15 is 0 Å². The van der Waals surface area contributed by atoms with Crippen molar-refractivity contribution in [2.45, 2.75) is 13.8 Å². The predicted molar refractivity (Wildman–Crippen MR) is 110 cm³/mol. The highest BCUT2D eigenvalue weighted by Gasteiger charge is 2.17. The molecule has 0 spiro atoms. The summed E-state index contributed by atoms with van der Waals surface area (Å²) < 4.78 is 2.22. The molecule has 4 rings (SSSR count). The Hall–Kier alpha value is -2.91. The second-order valence-electron chi connectivity index (χ2n) is 6.40. The molecule has 0 aliphatic carbocycles. The second-order valence-corrected chi connectivity index (χ2v) is 7.29. The third-order valence-corrected chi connectivity index (χ3v) is 5.54. The van der Waals surface area contributed by atoms with E-state index in [1.54, 1.807) is 17.4 Å². The zero-order valence-electron chi connectivity index (χ0n) is 14.8. The fraction of sp³-hybridized carbons (Fsp3) is 0.0870. The molecule has 0 amide bonds. The first-order chi connectivity index (χ1) is 12.6. The smallest absolute Gasteiger partial charge is 0.185 e. The van der Waals surface area contributed by atoms with Crippen molar-refractivity contribution in [3.8, 4) is 27.5 Å². The van der Waals surface area contributed by atoms with Gasteiger partial charge in [0.05, 0.1) is 11.4 Å². The zero-order chi connectivity index (χ0) is 18.1. The highest BCUT2D eigenvalue weighted by Crippen LogP contribution is 2.33. The molecule has 2 nitrogen and oxygen atoms in total. The van der Waals surface area contributed by atoms with Crippen LogP contribution in [0.2, 0.25) is 0 Å². The summed E-state index contributed by atoms with van der Waals surface area (Å²) in [5.74, 6) is 0. The number of hydrogen-bond acceptors (Lipinski definition) is 2. The first-order valence-electron chi connectivity index (χ1n) is 8.58. The largest absolute Gasteiger partial charge is 0.300 e. The topological polar surface area (TPSA) is 22.0 Å². The molecule has 128 valence electrons. The normalized spacial score (nSPS) is 10.8. The van der Waals surface area contributed by atoms with Crippen LogP contribution in [0.25, 0.3) is 27.5 Å². The van der Waals surface area contributed by atoms with Crippen LogP contribution < -0.4 is 5.43 Å². The van der Waals surface area contributed by atoms with E-state index < -0.39 is 0 Å². The van der Waals surface area contributed by atoms with E-state index in [2.05, 4.69) is 47.2 Å². The molecule has 0 radical (unpaired) electrons. The SMILES string of the molecule is Cc1csc(-n2c(-c3ccccc3)cc(=O)c(C)c2-c2ccccc2)c1. The summed E-state index contributed by atoms with van der Waals surface area (Å²) in [6.07, 6.45) is 0. The number of pyridine rings is 1. The molecule has 0 N–H and O–H groups in total. The minimum Gasteiger partial charge on any atom is -0.300 e. The minimum absolute atomic E-state index is 0.0623. The maximum atomic E-state index is 12.8. The quantitative estimate of drug-likeness (QED) is 0.451. The Morgan fingerprint density at radius 2 is 1.42 bits per heavy atom. The number of aromatic nitrogens is 1. The van der Waals surface area contributed by atoms with Gasteiger partial charge in [0.15, 0.2) is 5.43 Å². The minimum atomic E-state index is 0.0623. The lowest BCUT2D eigenvalue weighted by Crippen LogP contribution is -2.15. The number of benzene rings is 2.